The Bertz CT molecular complexity index is 524. The summed E-state index contributed by atoms with van der Waals surface area (Å²) < 4.78 is 12.1. The molecule has 0 aromatic heterocycles. The highest BCUT2D eigenvalue weighted by molar-refractivity contribution is 5.03. The Morgan fingerprint density at radius 1 is 0.633 bits per heavy atom. The van der Waals surface area contributed by atoms with Crippen LogP contribution in [0, 0.1) is 16.7 Å². The Labute approximate surface area is 189 Å². The van der Waals surface area contributed by atoms with Gasteiger partial charge in [0.25, 0.3) is 0 Å². The monoisotopic (exact) mass is 428 g/mol. The van der Waals surface area contributed by atoms with Crippen molar-refractivity contribution in [3.63, 3.8) is 0 Å². The van der Waals surface area contributed by atoms with E-state index in [4.69, 9.17) is 9.47 Å². The first-order chi connectivity index (χ1) is 12.4. The predicted molar refractivity (Wildman–Crippen MR) is 131 cm³/mol. The molecule has 0 radical (unpaired) electrons. The third-order valence-electron chi connectivity index (χ3n) is 6.64. The topological polar surface area (TPSA) is 38.7 Å². The zero-order chi connectivity index (χ0) is 23.3. The Morgan fingerprint density at radius 3 is 1.20 bits per heavy atom. The van der Waals surface area contributed by atoms with Gasteiger partial charge in [0.1, 0.15) is 0 Å². The van der Waals surface area contributed by atoms with Gasteiger partial charge in [-0.1, -0.05) is 49.0 Å². The van der Waals surface area contributed by atoms with Crippen molar-refractivity contribution in [1.82, 2.24) is 0 Å². The fraction of sp³-hybridized carbons (Fsp3) is 1.00. The second-order valence-electron chi connectivity index (χ2n) is 14.3. The van der Waals surface area contributed by atoms with Crippen LogP contribution in [0.1, 0.15) is 130 Å². The van der Waals surface area contributed by atoms with E-state index in [-0.39, 0.29) is 35.2 Å². The molecule has 0 saturated carbocycles. The van der Waals surface area contributed by atoms with Crippen molar-refractivity contribution in [2.45, 2.75) is 158 Å². The summed E-state index contributed by atoms with van der Waals surface area (Å²) in [7, 11) is 0. The summed E-state index contributed by atoms with van der Waals surface area (Å²) >= 11 is 0. The van der Waals surface area contributed by atoms with Gasteiger partial charge >= 0.3 is 0 Å². The van der Waals surface area contributed by atoms with Gasteiger partial charge in [-0.05, 0) is 85.0 Å². The molecule has 2 fully saturated rings. The minimum absolute atomic E-state index is 0. The zero-order valence-corrected chi connectivity index (χ0v) is 22.2. The molecule has 2 aliphatic rings. The second kappa shape index (κ2) is 8.67. The predicted octanol–water partition coefficient (Wildman–Crippen LogP) is 7.78. The van der Waals surface area contributed by atoms with E-state index in [0.29, 0.717) is 18.3 Å². The summed E-state index contributed by atoms with van der Waals surface area (Å²) in [6.07, 6.45) is 3.76. The smallest absolute Gasteiger partial charge is 0.0750 e. The number of ether oxygens (including phenoxy) is 2. The summed E-state index contributed by atoms with van der Waals surface area (Å²) in [5.74, 6) is 0.765. The van der Waals surface area contributed by atoms with Crippen LogP contribution in [0.5, 0.6) is 0 Å². The minimum Gasteiger partial charge on any atom is -0.389 e. The van der Waals surface area contributed by atoms with Crippen molar-refractivity contribution in [3.05, 3.63) is 0 Å². The zero-order valence-electron chi connectivity index (χ0n) is 22.2. The van der Waals surface area contributed by atoms with Crippen molar-refractivity contribution in [3.8, 4) is 0 Å². The molecule has 0 aromatic rings. The third-order valence-corrected chi connectivity index (χ3v) is 6.64. The second-order valence-corrected chi connectivity index (χ2v) is 14.3. The van der Waals surface area contributed by atoms with Crippen molar-refractivity contribution in [2.24, 2.45) is 16.7 Å². The van der Waals surface area contributed by atoms with Crippen molar-refractivity contribution in [2.75, 3.05) is 0 Å². The Kier molecular flexibility index (Phi) is 8.64. The van der Waals surface area contributed by atoms with Gasteiger partial charge in [0.05, 0.1) is 28.0 Å². The van der Waals surface area contributed by atoms with Crippen LogP contribution < -0.4 is 0 Å². The molecule has 0 spiro atoms. The van der Waals surface area contributed by atoms with E-state index < -0.39 is 5.60 Å². The summed E-state index contributed by atoms with van der Waals surface area (Å²) in [6, 6.07) is 0. The summed E-state index contributed by atoms with van der Waals surface area (Å²) in [4.78, 5) is 0. The molecule has 30 heavy (non-hydrogen) atoms. The maximum Gasteiger partial charge on any atom is 0.0750 e. The van der Waals surface area contributed by atoms with E-state index in [1.165, 1.54) is 12.8 Å². The highest BCUT2D eigenvalue weighted by Crippen LogP contribution is 2.49. The number of hydrogen-bond acceptors (Lipinski definition) is 3. The van der Waals surface area contributed by atoms with Crippen molar-refractivity contribution in [1.29, 1.82) is 0 Å². The Hall–Kier alpha value is -0.120. The molecular formula is C27H56O3. The van der Waals surface area contributed by atoms with Gasteiger partial charge in [0.2, 0.25) is 0 Å². The van der Waals surface area contributed by atoms with E-state index >= 15 is 0 Å². The molecule has 0 aromatic carbocycles. The van der Waals surface area contributed by atoms with Crippen LogP contribution in [-0.4, -0.2) is 33.1 Å². The molecule has 0 aliphatic carbocycles. The van der Waals surface area contributed by atoms with Crippen LogP contribution in [0.15, 0.2) is 0 Å². The van der Waals surface area contributed by atoms with Crippen molar-refractivity contribution >= 4 is 0 Å². The molecule has 2 aliphatic heterocycles. The SMILES string of the molecule is C.CC1(C)CC(C(C)(C)C)CC(C)(C)O1.CC1(C)CC(O)(C(C)(C)C)CC(C)(C)O1. The molecule has 2 rings (SSSR count). The maximum absolute atomic E-state index is 10.8. The van der Waals surface area contributed by atoms with E-state index in [1.807, 2.05) is 0 Å². The summed E-state index contributed by atoms with van der Waals surface area (Å²) in [6.45, 7) is 30.4. The fourth-order valence-electron chi connectivity index (χ4n) is 5.52. The van der Waals surface area contributed by atoms with Gasteiger partial charge in [-0.3, -0.25) is 0 Å². The van der Waals surface area contributed by atoms with Crippen LogP contribution in [0.3, 0.4) is 0 Å². The lowest BCUT2D eigenvalue weighted by molar-refractivity contribution is -0.245. The molecule has 2 heterocycles. The molecule has 3 heteroatoms. The van der Waals surface area contributed by atoms with Crippen molar-refractivity contribution < 1.29 is 14.6 Å². The molecule has 0 atom stereocenters. The molecule has 182 valence electrons. The molecule has 0 bridgehead atoms. The van der Waals surface area contributed by atoms with Gasteiger partial charge in [0, 0.05) is 12.8 Å². The van der Waals surface area contributed by atoms with E-state index in [1.54, 1.807) is 0 Å². The van der Waals surface area contributed by atoms with Crippen LogP contribution in [-0.2, 0) is 9.47 Å². The van der Waals surface area contributed by atoms with Crippen LogP contribution in [0.25, 0.3) is 0 Å². The minimum atomic E-state index is -0.641. The Morgan fingerprint density at radius 2 is 0.933 bits per heavy atom. The first-order valence-corrected chi connectivity index (χ1v) is 11.5. The maximum atomic E-state index is 10.8. The van der Waals surface area contributed by atoms with Gasteiger partial charge < -0.3 is 14.6 Å². The van der Waals surface area contributed by atoms with E-state index in [0.717, 1.165) is 5.92 Å². The summed E-state index contributed by atoms with van der Waals surface area (Å²) in [5.41, 5.74) is -0.755. The third kappa shape index (κ3) is 8.43. The highest BCUT2D eigenvalue weighted by atomic mass is 16.5. The van der Waals surface area contributed by atoms with Gasteiger partial charge in [-0.15, -0.1) is 0 Å². The van der Waals surface area contributed by atoms with Gasteiger partial charge in [0.15, 0.2) is 0 Å². The average molecular weight is 429 g/mol. The average Bonchev–Trinajstić information content (AvgIpc) is 2.27. The number of hydrogen-bond donors (Lipinski definition) is 1. The van der Waals surface area contributed by atoms with Crippen LogP contribution >= 0.6 is 0 Å². The van der Waals surface area contributed by atoms with E-state index in [9.17, 15) is 5.11 Å². The molecular weight excluding hydrogens is 372 g/mol. The van der Waals surface area contributed by atoms with E-state index in [2.05, 4.69) is 96.9 Å². The highest BCUT2D eigenvalue weighted by Gasteiger charge is 2.52. The lowest BCUT2D eigenvalue weighted by Crippen LogP contribution is -2.59. The standard InChI is InChI=1S/C13H26O2.C13H26O.CH4/c1-10(2,3)13(14)8-11(4,5)15-12(6,7)9-13;1-11(2,3)10-8-12(4,5)14-13(6,7)9-10;/h14H,8-9H2,1-7H3;10H,8-9H2,1-7H3;1H4. The lowest BCUT2D eigenvalue weighted by atomic mass is 9.65. The molecule has 3 nitrogen and oxygen atoms in total. The number of rotatable bonds is 0. The largest absolute Gasteiger partial charge is 0.389 e. The normalized spacial score (nSPS) is 27.3. The molecule has 0 amide bonds. The molecule has 1 N–H and O–H groups in total. The van der Waals surface area contributed by atoms with Crippen LogP contribution in [0.2, 0.25) is 0 Å². The first kappa shape index (κ1) is 29.9. The fourth-order valence-corrected chi connectivity index (χ4v) is 5.52. The molecule has 0 unspecified atom stereocenters. The van der Waals surface area contributed by atoms with Gasteiger partial charge in [-0.2, -0.15) is 0 Å². The van der Waals surface area contributed by atoms with Gasteiger partial charge in [-0.25, -0.2) is 0 Å². The first-order valence-electron chi connectivity index (χ1n) is 11.5. The lowest BCUT2D eigenvalue weighted by Gasteiger charge is -2.54. The Balaban J connectivity index is 0.000000544. The number of aliphatic hydroxyl groups is 1. The van der Waals surface area contributed by atoms with Crippen LogP contribution in [0.4, 0.5) is 0 Å². The summed E-state index contributed by atoms with van der Waals surface area (Å²) in [5, 5.41) is 10.8. The quantitative estimate of drug-likeness (QED) is 0.428. The molecule has 2 saturated heterocycles.